The molecule has 2 amide bonds. The second-order valence-corrected chi connectivity index (χ2v) is 10.1. The van der Waals surface area contributed by atoms with E-state index in [4.69, 9.17) is 0 Å². The lowest BCUT2D eigenvalue weighted by Crippen LogP contribution is -2.48. The van der Waals surface area contributed by atoms with E-state index < -0.39 is 0 Å². The molecule has 4 nitrogen and oxygen atoms in total. The summed E-state index contributed by atoms with van der Waals surface area (Å²) in [6.07, 6.45) is 6.61. The molecule has 1 aliphatic rings. The van der Waals surface area contributed by atoms with Crippen LogP contribution in [0.25, 0.3) is 0 Å². The van der Waals surface area contributed by atoms with E-state index in [2.05, 4.69) is 30.3 Å². The van der Waals surface area contributed by atoms with Crippen molar-refractivity contribution in [3.63, 3.8) is 0 Å². The molecule has 2 aromatic carbocycles. The number of aryl methyl sites for hydroxylation is 1. The summed E-state index contributed by atoms with van der Waals surface area (Å²) in [5.41, 5.74) is 2.26. The van der Waals surface area contributed by atoms with Crippen LogP contribution in [0.4, 0.5) is 0 Å². The van der Waals surface area contributed by atoms with Crippen LogP contribution in [0.3, 0.4) is 0 Å². The summed E-state index contributed by atoms with van der Waals surface area (Å²) >= 11 is 1.66. The van der Waals surface area contributed by atoms with Crippen molar-refractivity contribution >= 4 is 23.2 Å². The van der Waals surface area contributed by atoms with Crippen LogP contribution in [-0.4, -0.2) is 34.2 Å². The summed E-state index contributed by atoms with van der Waals surface area (Å²) in [5, 5.41) is 2.04. The van der Waals surface area contributed by atoms with E-state index in [1.807, 2.05) is 57.6 Å². The molecule has 3 aromatic rings. The Morgan fingerprint density at radius 1 is 0.765 bits per heavy atom. The SMILES string of the molecule is O=C(CN(C(=O)CCc1ccccc1)C1CCCCC1)N(Cc1ccccc1)Cc1cccs1. The predicted octanol–water partition coefficient (Wildman–Crippen LogP) is 6.07. The molecule has 1 aromatic heterocycles. The Hall–Kier alpha value is -2.92. The minimum absolute atomic E-state index is 0.0240. The number of amides is 2. The van der Waals surface area contributed by atoms with Gasteiger partial charge in [-0.2, -0.15) is 0 Å². The van der Waals surface area contributed by atoms with E-state index in [-0.39, 0.29) is 24.4 Å². The Morgan fingerprint density at radius 3 is 2.09 bits per heavy atom. The average molecular weight is 475 g/mol. The molecular formula is C29H34N2O2S. The molecule has 0 aliphatic heterocycles. The van der Waals surface area contributed by atoms with Crippen LogP contribution in [0.1, 0.15) is 54.5 Å². The van der Waals surface area contributed by atoms with E-state index in [9.17, 15) is 9.59 Å². The molecule has 0 atom stereocenters. The quantitative estimate of drug-likeness (QED) is 0.358. The van der Waals surface area contributed by atoms with Crippen LogP contribution in [0, 0.1) is 0 Å². The summed E-state index contributed by atoms with van der Waals surface area (Å²) < 4.78 is 0. The Morgan fingerprint density at radius 2 is 1.44 bits per heavy atom. The lowest BCUT2D eigenvalue weighted by atomic mass is 9.93. The second-order valence-electron chi connectivity index (χ2n) is 9.11. The number of rotatable bonds is 10. The van der Waals surface area contributed by atoms with Crippen LogP contribution in [-0.2, 0) is 29.1 Å². The van der Waals surface area contributed by atoms with Gasteiger partial charge in [-0.25, -0.2) is 0 Å². The van der Waals surface area contributed by atoms with Gasteiger partial charge in [0, 0.05) is 23.9 Å². The minimum Gasteiger partial charge on any atom is -0.332 e. The second kappa shape index (κ2) is 12.5. The van der Waals surface area contributed by atoms with Gasteiger partial charge < -0.3 is 9.80 Å². The van der Waals surface area contributed by atoms with Crippen molar-refractivity contribution in [3.8, 4) is 0 Å². The molecule has 1 heterocycles. The van der Waals surface area contributed by atoms with Gasteiger partial charge in [0.25, 0.3) is 0 Å². The van der Waals surface area contributed by atoms with Gasteiger partial charge in [0.2, 0.25) is 11.8 Å². The van der Waals surface area contributed by atoms with Gasteiger partial charge in [-0.05, 0) is 41.8 Å². The summed E-state index contributed by atoms with van der Waals surface area (Å²) in [5.74, 6) is 0.121. The fourth-order valence-electron chi connectivity index (χ4n) is 4.73. The highest BCUT2D eigenvalue weighted by Gasteiger charge is 2.29. The van der Waals surface area contributed by atoms with Gasteiger partial charge >= 0.3 is 0 Å². The smallest absolute Gasteiger partial charge is 0.242 e. The molecule has 0 N–H and O–H groups in total. The summed E-state index contributed by atoms with van der Waals surface area (Å²) in [4.78, 5) is 32.0. The average Bonchev–Trinajstić information content (AvgIpc) is 3.40. The van der Waals surface area contributed by atoms with Crippen LogP contribution in [0.5, 0.6) is 0 Å². The molecule has 0 saturated heterocycles. The maximum atomic E-state index is 13.6. The number of hydrogen-bond donors (Lipinski definition) is 0. The van der Waals surface area contributed by atoms with Crippen LogP contribution in [0.2, 0.25) is 0 Å². The first-order valence-electron chi connectivity index (χ1n) is 12.4. The normalized spacial score (nSPS) is 14.0. The van der Waals surface area contributed by atoms with E-state index in [1.165, 1.54) is 6.42 Å². The third-order valence-corrected chi connectivity index (χ3v) is 7.47. The molecule has 5 heteroatoms. The molecule has 0 unspecified atom stereocenters. The third-order valence-electron chi connectivity index (χ3n) is 6.61. The zero-order valence-corrected chi connectivity index (χ0v) is 20.6. The first-order chi connectivity index (χ1) is 16.7. The zero-order valence-electron chi connectivity index (χ0n) is 19.8. The van der Waals surface area contributed by atoms with Crippen molar-refractivity contribution in [2.45, 2.75) is 64.1 Å². The van der Waals surface area contributed by atoms with E-state index in [0.717, 1.165) is 41.7 Å². The molecule has 0 radical (unpaired) electrons. The van der Waals surface area contributed by atoms with Crippen LogP contribution >= 0.6 is 11.3 Å². The van der Waals surface area contributed by atoms with Crippen molar-refractivity contribution in [1.29, 1.82) is 0 Å². The molecule has 0 spiro atoms. The van der Waals surface area contributed by atoms with Crippen LogP contribution in [0.15, 0.2) is 78.2 Å². The zero-order chi connectivity index (χ0) is 23.6. The third kappa shape index (κ3) is 7.04. The van der Waals surface area contributed by atoms with E-state index in [0.29, 0.717) is 25.9 Å². The van der Waals surface area contributed by atoms with Gasteiger partial charge in [-0.3, -0.25) is 9.59 Å². The minimum atomic E-state index is 0.0240. The highest BCUT2D eigenvalue weighted by Crippen LogP contribution is 2.24. The Labute approximate surface area is 207 Å². The lowest BCUT2D eigenvalue weighted by molar-refractivity contribution is -0.143. The monoisotopic (exact) mass is 474 g/mol. The molecule has 1 saturated carbocycles. The summed E-state index contributed by atoms with van der Waals surface area (Å²) in [6, 6.07) is 24.5. The molecule has 34 heavy (non-hydrogen) atoms. The fourth-order valence-corrected chi connectivity index (χ4v) is 5.45. The van der Waals surface area contributed by atoms with Gasteiger partial charge in [-0.1, -0.05) is 86.0 Å². The summed E-state index contributed by atoms with van der Waals surface area (Å²) in [6.45, 7) is 1.28. The van der Waals surface area contributed by atoms with E-state index >= 15 is 0 Å². The van der Waals surface area contributed by atoms with Gasteiger partial charge in [0.15, 0.2) is 0 Å². The van der Waals surface area contributed by atoms with E-state index in [1.54, 1.807) is 11.3 Å². The van der Waals surface area contributed by atoms with Gasteiger partial charge in [0.1, 0.15) is 6.54 Å². The first kappa shape index (κ1) is 24.2. The molecule has 0 bridgehead atoms. The number of carbonyl (C=O) groups is 2. The topological polar surface area (TPSA) is 40.6 Å². The highest BCUT2D eigenvalue weighted by molar-refractivity contribution is 7.09. The number of hydrogen-bond acceptors (Lipinski definition) is 3. The molecule has 1 fully saturated rings. The largest absolute Gasteiger partial charge is 0.332 e. The first-order valence-corrected chi connectivity index (χ1v) is 13.2. The highest BCUT2D eigenvalue weighted by atomic mass is 32.1. The maximum absolute atomic E-state index is 13.6. The van der Waals surface area contributed by atoms with Crippen molar-refractivity contribution in [3.05, 3.63) is 94.2 Å². The van der Waals surface area contributed by atoms with Crippen molar-refractivity contribution < 1.29 is 9.59 Å². The standard InChI is InChI=1S/C29H34N2O2S/c32-28(19-18-24-11-4-1-5-12-24)31(26-15-8-3-9-16-26)23-29(33)30(22-27-17-10-20-34-27)21-25-13-6-2-7-14-25/h1-2,4-7,10-14,17,20,26H,3,8-9,15-16,18-19,21-23H2. The summed E-state index contributed by atoms with van der Waals surface area (Å²) in [7, 11) is 0. The Kier molecular flexibility index (Phi) is 8.91. The van der Waals surface area contributed by atoms with Crippen molar-refractivity contribution in [2.75, 3.05) is 6.54 Å². The Bertz CT molecular complexity index is 1010. The lowest BCUT2D eigenvalue weighted by Gasteiger charge is -2.35. The number of thiophene rings is 1. The number of nitrogens with zero attached hydrogens (tertiary/aromatic N) is 2. The van der Waals surface area contributed by atoms with Crippen molar-refractivity contribution in [2.24, 2.45) is 0 Å². The van der Waals surface area contributed by atoms with Crippen molar-refractivity contribution in [1.82, 2.24) is 9.80 Å². The molecular weight excluding hydrogens is 440 g/mol. The van der Waals surface area contributed by atoms with Gasteiger partial charge in [-0.15, -0.1) is 11.3 Å². The predicted molar refractivity (Wildman–Crippen MR) is 138 cm³/mol. The molecule has 4 rings (SSSR count). The molecule has 178 valence electrons. The number of carbonyl (C=O) groups excluding carboxylic acids is 2. The van der Waals surface area contributed by atoms with Gasteiger partial charge in [0.05, 0.1) is 6.54 Å². The molecule has 1 aliphatic carbocycles. The Balaban J connectivity index is 1.48. The maximum Gasteiger partial charge on any atom is 0.242 e. The fraction of sp³-hybridized carbons (Fsp3) is 0.379. The number of benzene rings is 2. The van der Waals surface area contributed by atoms with Crippen LogP contribution < -0.4 is 0 Å².